The molecule has 1 amide bonds. The number of ether oxygens (including phenoxy) is 1. The van der Waals surface area contributed by atoms with Gasteiger partial charge in [0.05, 0.1) is 17.6 Å². The summed E-state index contributed by atoms with van der Waals surface area (Å²) in [4.78, 5) is 14.4. The van der Waals surface area contributed by atoms with Gasteiger partial charge in [0.15, 0.2) is 0 Å². The Morgan fingerprint density at radius 1 is 1.12 bits per heavy atom. The Morgan fingerprint density at radius 3 is 2.27 bits per heavy atom. The van der Waals surface area contributed by atoms with Gasteiger partial charge in [0.25, 0.3) is 5.91 Å². The van der Waals surface area contributed by atoms with E-state index in [2.05, 4.69) is 10.2 Å². The van der Waals surface area contributed by atoms with Gasteiger partial charge in [-0.3, -0.25) is 4.79 Å². The lowest BCUT2D eigenvalue weighted by Crippen LogP contribution is -2.24. The van der Waals surface area contributed by atoms with Crippen LogP contribution in [0.3, 0.4) is 0 Å². The predicted molar refractivity (Wildman–Crippen MR) is 99.4 cm³/mol. The van der Waals surface area contributed by atoms with Crippen molar-refractivity contribution in [3.63, 3.8) is 0 Å². The first-order valence-electron chi connectivity index (χ1n) is 7.92. The molecule has 0 atom stereocenters. The number of benzene rings is 2. The third kappa shape index (κ3) is 5.29. The first kappa shape index (κ1) is 19.9. The predicted octanol–water partition coefficient (Wildman–Crippen LogP) is 1.33. The summed E-state index contributed by atoms with van der Waals surface area (Å²) in [6.07, 6.45) is 0. The maximum Gasteiger partial charge on any atom is 0.255 e. The molecular formula is C18H23N3O4S. The highest BCUT2D eigenvalue weighted by molar-refractivity contribution is 7.89. The molecule has 0 aromatic heterocycles. The smallest absolute Gasteiger partial charge is 0.255 e. The zero-order chi connectivity index (χ0) is 19.3. The molecule has 0 heterocycles. The number of sulfonamides is 1. The summed E-state index contributed by atoms with van der Waals surface area (Å²) in [5.41, 5.74) is 2.22. The topological polar surface area (TPSA) is 102 Å². The van der Waals surface area contributed by atoms with E-state index in [0.717, 1.165) is 12.1 Å². The van der Waals surface area contributed by atoms with Crippen molar-refractivity contribution in [3.05, 3.63) is 59.2 Å². The Kier molecular flexibility index (Phi) is 6.36. The normalized spacial score (nSPS) is 11.4. The van der Waals surface area contributed by atoms with E-state index in [1.807, 2.05) is 38.4 Å². The van der Waals surface area contributed by atoms with Gasteiger partial charge in [-0.25, -0.2) is 13.6 Å². The molecule has 0 radical (unpaired) electrons. The molecule has 140 valence electrons. The minimum atomic E-state index is -3.91. The lowest BCUT2D eigenvalue weighted by Gasteiger charge is -2.12. The van der Waals surface area contributed by atoms with E-state index >= 15 is 0 Å². The van der Waals surface area contributed by atoms with Crippen LogP contribution in [0, 0.1) is 0 Å². The maximum atomic E-state index is 12.5. The Balaban J connectivity index is 2.12. The molecule has 0 aliphatic rings. The number of hydrogen-bond donors (Lipinski definition) is 2. The second-order valence-corrected chi connectivity index (χ2v) is 7.71. The fourth-order valence-corrected chi connectivity index (χ4v) is 2.99. The number of carbonyl (C=O) groups excluding carboxylic acids is 1. The van der Waals surface area contributed by atoms with Gasteiger partial charge in [0.2, 0.25) is 10.0 Å². The minimum Gasteiger partial charge on any atom is -0.496 e. The minimum absolute atomic E-state index is 0.114. The van der Waals surface area contributed by atoms with Crippen LogP contribution in [0.15, 0.2) is 47.4 Å². The van der Waals surface area contributed by atoms with Crippen LogP contribution in [0.2, 0.25) is 0 Å². The number of primary sulfonamides is 1. The third-order valence-electron chi connectivity index (χ3n) is 3.72. The average Bonchev–Trinajstić information content (AvgIpc) is 2.59. The van der Waals surface area contributed by atoms with Gasteiger partial charge in [-0.2, -0.15) is 0 Å². The number of rotatable bonds is 7. The number of methoxy groups -OCH3 is 1. The second kappa shape index (κ2) is 8.31. The standard InChI is InChI=1S/C18H23N3O4S/c1-21(2)12-14-6-4-13(5-7-14)11-20-18(22)16-10-15(26(19,23)24)8-9-17(16)25-3/h4-10H,11-12H2,1-3H3,(H,20,22)(H2,19,23,24). The van der Waals surface area contributed by atoms with Crippen molar-refractivity contribution in [2.75, 3.05) is 21.2 Å². The van der Waals surface area contributed by atoms with Gasteiger partial charge in [0.1, 0.15) is 5.75 Å². The summed E-state index contributed by atoms with van der Waals surface area (Å²) >= 11 is 0. The summed E-state index contributed by atoms with van der Waals surface area (Å²) < 4.78 is 28.1. The molecule has 0 unspecified atom stereocenters. The number of nitrogens with two attached hydrogens (primary N) is 1. The zero-order valence-corrected chi connectivity index (χ0v) is 15.8. The number of amides is 1. The van der Waals surface area contributed by atoms with E-state index in [1.54, 1.807) is 0 Å². The van der Waals surface area contributed by atoms with Crippen LogP contribution in [0.25, 0.3) is 0 Å². The van der Waals surface area contributed by atoms with Crippen molar-refractivity contribution in [3.8, 4) is 5.75 Å². The molecule has 26 heavy (non-hydrogen) atoms. The fraction of sp³-hybridized carbons (Fsp3) is 0.278. The Morgan fingerprint density at radius 2 is 1.73 bits per heavy atom. The molecule has 0 spiro atoms. The lowest BCUT2D eigenvalue weighted by atomic mass is 10.1. The van der Waals surface area contributed by atoms with E-state index in [1.165, 1.54) is 30.9 Å². The molecule has 2 aromatic carbocycles. The van der Waals surface area contributed by atoms with Gasteiger partial charge in [-0.1, -0.05) is 24.3 Å². The molecule has 0 saturated heterocycles. The monoisotopic (exact) mass is 377 g/mol. The summed E-state index contributed by atoms with van der Waals surface area (Å²) in [5.74, 6) is -0.166. The highest BCUT2D eigenvalue weighted by atomic mass is 32.2. The largest absolute Gasteiger partial charge is 0.496 e. The molecule has 0 aliphatic heterocycles. The SMILES string of the molecule is COc1ccc(S(N)(=O)=O)cc1C(=O)NCc1ccc(CN(C)C)cc1. The van der Waals surface area contributed by atoms with Crippen LogP contribution in [-0.2, 0) is 23.1 Å². The molecule has 2 aromatic rings. The van der Waals surface area contributed by atoms with Crippen LogP contribution in [0.4, 0.5) is 0 Å². The Labute approximate surface area is 153 Å². The lowest BCUT2D eigenvalue weighted by molar-refractivity contribution is 0.0947. The van der Waals surface area contributed by atoms with E-state index < -0.39 is 15.9 Å². The summed E-state index contributed by atoms with van der Waals surface area (Å²) in [5, 5.41) is 7.89. The highest BCUT2D eigenvalue weighted by Gasteiger charge is 2.17. The van der Waals surface area contributed by atoms with Crippen molar-refractivity contribution in [2.45, 2.75) is 18.0 Å². The molecule has 2 rings (SSSR count). The average molecular weight is 377 g/mol. The number of nitrogens with zero attached hydrogens (tertiary/aromatic N) is 1. The number of carbonyl (C=O) groups is 1. The summed E-state index contributed by atoms with van der Waals surface area (Å²) in [7, 11) is 1.50. The number of nitrogens with one attached hydrogen (secondary N) is 1. The molecule has 3 N–H and O–H groups in total. The molecule has 0 bridgehead atoms. The van der Waals surface area contributed by atoms with Crippen molar-refractivity contribution < 1.29 is 17.9 Å². The van der Waals surface area contributed by atoms with Crippen LogP contribution in [-0.4, -0.2) is 40.4 Å². The van der Waals surface area contributed by atoms with Crippen molar-refractivity contribution in [2.24, 2.45) is 5.14 Å². The van der Waals surface area contributed by atoms with Crippen LogP contribution >= 0.6 is 0 Å². The van der Waals surface area contributed by atoms with Gasteiger partial charge < -0.3 is 15.0 Å². The van der Waals surface area contributed by atoms with Crippen molar-refractivity contribution in [1.29, 1.82) is 0 Å². The molecule has 0 saturated carbocycles. The van der Waals surface area contributed by atoms with E-state index in [0.29, 0.717) is 6.54 Å². The maximum absolute atomic E-state index is 12.5. The van der Waals surface area contributed by atoms with Gasteiger partial charge in [-0.05, 0) is 43.4 Å². The quantitative estimate of drug-likeness (QED) is 0.758. The van der Waals surface area contributed by atoms with E-state index in [4.69, 9.17) is 9.88 Å². The first-order valence-corrected chi connectivity index (χ1v) is 9.47. The van der Waals surface area contributed by atoms with E-state index in [-0.39, 0.29) is 16.2 Å². The van der Waals surface area contributed by atoms with Crippen molar-refractivity contribution >= 4 is 15.9 Å². The van der Waals surface area contributed by atoms with Crippen molar-refractivity contribution in [1.82, 2.24) is 10.2 Å². The molecule has 0 fully saturated rings. The van der Waals surface area contributed by atoms with Crippen LogP contribution < -0.4 is 15.2 Å². The highest BCUT2D eigenvalue weighted by Crippen LogP contribution is 2.22. The van der Waals surface area contributed by atoms with Gasteiger partial charge in [-0.15, -0.1) is 0 Å². The summed E-state index contributed by atoms with van der Waals surface area (Å²) in [6, 6.07) is 11.8. The van der Waals surface area contributed by atoms with Crippen LogP contribution in [0.5, 0.6) is 5.75 Å². The van der Waals surface area contributed by atoms with Crippen LogP contribution in [0.1, 0.15) is 21.5 Å². The first-order chi connectivity index (χ1) is 12.2. The molecule has 0 aliphatic carbocycles. The zero-order valence-electron chi connectivity index (χ0n) is 15.0. The third-order valence-corrected chi connectivity index (χ3v) is 4.63. The molecule has 8 heteroatoms. The van der Waals surface area contributed by atoms with Gasteiger partial charge in [0, 0.05) is 13.1 Å². The van der Waals surface area contributed by atoms with Gasteiger partial charge >= 0.3 is 0 Å². The molecular weight excluding hydrogens is 354 g/mol. The Hall–Kier alpha value is -2.42. The second-order valence-electron chi connectivity index (χ2n) is 6.14. The summed E-state index contributed by atoms with van der Waals surface area (Å²) in [6.45, 7) is 1.15. The van der Waals surface area contributed by atoms with E-state index in [9.17, 15) is 13.2 Å². The Bertz CT molecular complexity index is 878. The number of hydrogen-bond acceptors (Lipinski definition) is 5. The molecule has 7 nitrogen and oxygen atoms in total. The fourth-order valence-electron chi connectivity index (χ4n) is 2.45.